The number of nitrogens with one attached hydrogen (secondary N) is 2. The molecule has 0 saturated carbocycles. The lowest BCUT2D eigenvalue weighted by Gasteiger charge is -2.21. The molecule has 1 amide bonds. The lowest BCUT2D eigenvalue weighted by atomic mass is 9.90. The van der Waals surface area contributed by atoms with Crippen LogP contribution in [0.3, 0.4) is 0 Å². The predicted octanol–water partition coefficient (Wildman–Crippen LogP) is 4.50. The van der Waals surface area contributed by atoms with Gasteiger partial charge in [-0.1, -0.05) is 57.5 Å². The van der Waals surface area contributed by atoms with Gasteiger partial charge in [0, 0.05) is 11.7 Å². The molecule has 0 fully saturated rings. The smallest absolute Gasteiger partial charge is 0.413 e. The number of carbonyl (C=O) groups excluding carboxylic acids is 1. The molecule has 1 aliphatic heterocycles. The van der Waals surface area contributed by atoms with Crippen molar-refractivity contribution < 1.29 is 14.3 Å². The second kappa shape index (κ2) is 8.76. The van der Waals surface area contributed by atoms with E-state index in [4.69, 9.17) is 21.3 Å². The summed E-state index contributed by atoms with van der Waals surface area (Å²) in [4.78, 5) is 12.1. The van der Waals surface area contributed by atoms with Gasteiger partial charge in [-0.25, -0.2) is 4.79 Å². The van der Waals surface area contributed by atoms with E-state index in [0.29, 0.717) is 17.4 Å². The average Bonchev–Trinajstić information content (AvgIpc) is 2.84. The van der Waals surface area contributed by atoms with Gasteiger partial charge in [0.15, 0.2) is 11.5 Å². The SMILES string of the molecule is CCP(=S)(CC)CNSCNC(=O)OC1=C2OC=CC=C2CC1(C)C. The highest BCUT2D eigenvalue weighted by molar-refractivity contribution is 8.14. The van der Waals surface area contributed by atoms with Crippen LogP contribution in [0.2, 0.25) is 0 Å². The van der Waals surface area contributed by atoms with Crippen LogP contribution in [0.5, 0.6) is 0 Å². The van der Waals surface area contributed by atoms with Crippen molar-refractivity contribution in [2.24, 2.45) is 5.41 Å². The summed E-state index contributed by atoms with van der Waals surface area (Å²) >= 11 is 7.12. The Labute approximate surface area is 159 Å². The van der Waals surface area contributed by atoms with Crippen LogP contribution in [0.15, 0.2) is 35.5 Å². The van der Waals surface area contributed by atoms with E-state index in [1.54, 1.807) is 6.26 Å². The van der Waals surface area contributed by atoms with Crippen molar-refractivity contribution >= 4 is 35.9 Å². The minimum Gasteiger partial charge on any atom is -0.461 e. The lowest BCUT2D eigenvalue weighted by molar-refractivity contribution is 0.148. The predicted molar refractivity (Wildman–Crippen MR) is 109 cm³/mol. The molecule has 0 saturated heterocycles. The van der Waals surface area contributed by atoms with Crippen LogP contribution in [0.1, 0.15) is 34.1 Å². The maximum Gasteiger partial charge on any atom is 0.413 e. The van der Waals surface area contributed by atoms with Crippen molar-refractivity contribution in [2.45, 2.75) is 34.1 Å². The van der Waals surface area contributed by atoms with Gasteiger partial charge in [-0.15, -0.1) is 0 Å². The van der Waals surface area contributed by atoms with E-state index in [-0.39, 0.29) is 5.41 Å². The number of allylic oxidation sites excluding steroid dienone is 4. The molecule has 0 bridgehead atoms. The minimum absolute atomic E-state index is 0.259. The van der Waals surface area contributed by atoms with E-state index in [9.17, 15) is 4.79 Å². The first-order valence-corrected chi connectivity index (χ1v) is 12.8. The molecule has 8 heteroatoms. The Balaban J connectivity index is 1.80. The molecule has 0 aromatic heterocycles. The van der Waals surface area contributed by atoms with Crippen molar-refractivity contribution in [3.8, 4) is 0 Å². The highest BCUT2D eigenvalue weighted by Gasteiger charge is 2.40. The highest BCUT2D eigenvalue weighted by atomic mass is 32.4. The summed E-state index contributed by atoms with van der Waals surface area (Å²) in [6.07, 6.45) is 8.74. The largest absolute Gasteiger partial charge is 0.461 e. The molecular formula is C17H27N2O3PS2. The molecule has 0 spiro atoms. The molecule has 2 N–H and O–H groups in total. The third kappa shape index (κ3) is 5.36. The number of carbonyl (C=O) groups is 1. The fraction of sp³-hybridized carbons (Fsp3) is 0.588. The van der Waals surface area contributed by atoms with Crippen LogP contribution < -0.4 is 10.0 Å². The molecule has 5 nitrogen and oxygen atoms in total. The number of rotatable bonds is 8. The van der Waals surface area contributed by atoms with Crippen molar-refractivity contribution in [2.75, 3.05) is 24.5 Å². The molecule has 1 aliphatic carbocycles. The van der Waals surface area contributed by atoms with E-state index in [2.05, 4.69) is 23.9 Å². The van der Waals surface area contributed by atoms with Crippen LogP contribution in [-0.4, -0.2) is 30.6 Å². The zero-order chi connectivity index (χ0) is 18.5. The van der Waals surface area contributed by atoms with Crippen molar-refractivity contribution in [3.05, 3.63) is 35.5 Å². The molecule has 0 atom stereocenters. The third-order valence-electron chi connectivity index (χ3n) is 4.40. The summed E-state index contributed by atoms with van der Waals surface area (Å²) in [6, 6.07) is -1.28. The Morgan fingerprint density at radius 1 is 1.44 bits per heavy atom. The zero-order valence-electron chi connectivity index (χ0n) is 15.3. The van der Waals surface area contributed by atoms with Gasteiger partial charge in [0.2, 0.25) is 0 Å². The Hall–Kier alpha value is -0.750. The molecule has 0 aromatic carbocycles. The first-order chi connectivity index (χ1) is 11.8. The molecule has 140 valence electrons. The van der Waals surface area contributed by atoms with Gasteiger partial charge in [0.25, 0.3) is 0 Å². The Kier molecular flexibility index (Phi) is 7.20. The van der Waals surface area contributed by atoms with Crippen molar-refractivity contribution in [1.82, 2.24) is 10.0 Å². The normalized spacial score (nSPS) is 18.5. The van der Waals surface area contributed by atoms with Gasteiger partial charge in [-0.05, 0) is 36.4 Å². The Morgan fingerprint density at radius 3 is 2.84 bits per heavy atom. The first-order valence-electron chi connectivity index (χ1n) is 8.46. The van der Waals surface area contributed by atoms with Crippen LogP contribution in [0, 0.1) is 5.41 Å². The van der Waals surface area contributed by atoms with E-state index in [1.165, 1.54) is 11.9 Å². The fourth-order valence-electron chi connectivity index (χ4n) is 2.69. The number of amides is 1. The van der Waals surface area contributed by atoms with E-state index in [0.717, 1.165) is 30.6 Å². The van der Waals surface area contributed by atoms with E-state index < -0.39 is 12.1 Å². The van der Waals surface area contributed by atoms with Crippen molar-refractivity contribution in [3.63, 3.8) is 0 Å². The quantitative estimate of drug-likeness (QED) is 0.270. The number of fused-ring (bicyclic) bond motifs is 1. The van der Waals surface area contributed by atoms with Gasteiger partial charge in [-0.3, -0.25) is 4.72 Å². The summed E-state index contributed by atoms with van der Waals surface area (Å²) in [5.74, 6) is 1.68. The fourth-order valence-corrected chi connectivity index (χ4v) is 5.65. The summed E-state index contributed by atoms with van der Waals surface area (Å²) in [6.45, 7) is 8.39. The van der Waals surface area contributed by atoms with Gasteiger partial charge in [0.1, 0.15) is 0 Å². The molecule has 25 heavy (non-hydrogen) atoms. The summed E-state index contributed by atoms with van der Waals surface area (Å²) < 4.78 is 14.4. The molecule has 0 aromatic rings. The first kappa shape index (κ1) is 20.6. The number of alkyl carbamates (subject to hydrolysis) is 1. The van der Waals surface area contributed by atoms with Crippen LogP contribution in [-0.2, 0) is 21.3 Å². The van der Waals surface area contributed by atoms with Crippen LogP contribution in [0.4, 0.5) is 4.79 Å². The maximum atomic E-state index is 12.1. The van der Waals surface area contributed by atoms with Crippen LogP contribution >= 0.6 is 18.0 Å². The summed E-state index contributed by atoms with van der Waals surface area (Å²) in [7, 11) is 0. The number of hydrogen-bond acceptors (Lipinski definition) is 6. The van der Waals surface area contributed by atoms with Gasteiger partial charge in [-0.2, -0.15) is 0 Å². The minimum atomic E-state index is -1.28. The van der Waals surface area contributed by atoms with E-state index >= 15 is 0 Å². The molecule has 0 unspecified atom stereocenters. The third-order valence-corrected chi connectivity index (χ3v) is 10.2. The van der Waals surface area contributed by atoms with Gasteiger partial charge in [0.05, 0.1) is 12.1 Å². The molecule has 2 rings (SSSR count). The average molecular weight is 403 g/mol. The number of ether oxygens (including phenoxy) is 2. The summed E-state index contributed by atoms with van der Waals surface area (Å²) in [5.41, 5.74) is 0.807. The lowest BCUT2D eigenvalue weighted by Crippen LogP contribution is -2.28. The van der Waals surface area contributed by atoms with Crippen molar-refractivity contribution in [1.29, 1.82) is 0 Å². The standard InChI is InChI=1S/C17H27N2O3PS2/c1-5-23(24,6-2)11-19-25-12-18-16(20)22-15-14-13(8-7-9-21-14)10-17(15,3)4/h7-9,19H,5-6,10-12H2,1-4H3,(H,18,20). The molecule has 1 heterocycles. The zero-order valence-corrected chi connectivity index (χ0v) is 17.8. The highest BCUT2D eigenvalue weighted by Crippen LogP contribution is 2.47. The summed E-state index contributed by atoms with van der Waals surface area (Å²) in [5, 5.41) is 2.76. The van der Waals surface area contributed by atoms with Crippen LogP contribution in [0.25, 0.3) is 0 Å². The van der Waals surface area contributed by atoms with Gasteiger partial charge >= 0.3 is 6.09 Å². The Bertz CT molecular complexity index is 648. The number of hydrogen-bond donors (Lipinski definition) is 2. The van der Waals surface area contributed by atoms with E-state index in [1.807, 2.05) is 26.0 Å². The topological polar surface area (TPSA) is 59.6 Å². The monoisotopic (exact) mass is 402 g/mol. The second-order valence-electron chi connectivity index (χ2n) is 6.71. The molecule has 2 aliphatic rings. The molecular weight excluding hydrogens is 375 g/mol. The maximum absolute atomic E-state index is 12.1. The van der Waals surface area contributed by atoms with Gasteiger partial charge < -0.3 is 14.8 Å². The second-order valence-corrected chi connectivity index (χ2v) is 13.6. The Morgan fingerprint density at radius 2 is 2.16 bits per heavy atom. The molecule has 0 radical (unpaired) electrons.